The molecule has 1 rings (SSSR count). The van der Waals surface area contributed by atoms with Crippen LogP contribution in [-0.2, 0) is 4.79 Å². The monoisotopic (exact) mass is 234 g/mol. The van der Waals surface area contributed by atoms with Gasteiger partial charge in [0.1, 0.15) is 0 Å². The molecule has 1 unspecified atom stereocenters. The van der Waals surface area contributed by atoms with Crippen molar-refractivity contribution in [2.24, 2.45) is 5.73 Å². The lowest BCUT2D eigenvalue weighted by Gasteiger charge is -2.27. The Kier molecular flexibility index (Phi) is 4.70. The molecule has 0 aliphatic rings. The molecule has 1 amide bonds. The minimum atomic E-state index is -0.395. The molecule has 3 heteroatoms. The topological polar surface area (TPSA) is 46.3 Å². The van der Waals surface area contributed by atoms with E-state index in [0.29, 0.717) is 6.42 Å². The average molecular weight is 234 g/mol. The van der Waals surface area contributed by atoms with Gasteiger partial charge in [0.2, 0.25) is 5.91 Å². The van der Waals surface area contributed by atoms with Crippen LogP contribution in [0.2, 0.25) is 0 Å². The van der Waals surface area contributed by atoms with Crippen LogP contribution in [-0.4, -0.2) is 23.9 Å². The van der Waals surface area contributed by atoms with Crippen LogP contribution in [0.15, 0.2) is 24.3 Å². The number of nitrogens with two attached hydrogens (primary N) is 1. The predicted molar refractivity (Wildman–Crippen MR) is 70.6 cm³/mol. The quantitative estimate of drug-likeness (QED) is 0.868. The maximum absolute atomic E-state index is 12.0. The zero-order valence-electron chi connectivity index (χ0n) is 11.1. The van der Waals surface area contributed by atoms with Gasteiger partial charge in [-0.3, -0.25) is 4.79 Å². The van der Waals surface area contributed by atoms with E-state index in [9.17, 15) is 4.79 Å². The van der Waals surface area contributed by atoms with E-state index in [-0.39, 0.29) is 11.9 Å². The Morgan fingerprint density at radius 3 is 2.35 bits per heavy atom. The zero-order valence-corrected chi connectivity index (χ0v) is 11.1. The van der Waals surface area contributed by atoms with Gasteiger partial charge >= 0.3 is 0 Å². The molecule has 3 nitrogen and oxygen atoms in total. The normalized spacial score (nSPS) is 14.2. The number of hydrogen-bond acceptors (Lipinski definition) is 2. The number of likely N-dealkylation sites (N-methyl/N-ethyl adjacent to an activating group) is 1. The second-order valence-corrected chi connectivity index (χ2v) is 4.55. The van der Waals surface area contributed by atoms with Crippen molar-refractivity contribution in [1.29, 1.82) is 0 Å². The lowest BCUT2D eigenvalue weighted by atomic mass is 10.0. The van der Waals surface area contributed by atoms with Crippen LogP contribution in [0.25, 0.3) is 0 Å². The first-order chi connectivity index (χ1) is 7.97. The average Bonchev–Trinajstić information content (AvgIpc) is 2.36. The van der Waals surface area contributed by atoms with Crippen molar-refractivity contribution in [2.75, 3.05) is 7.05 Å². The molecule has 2 atom stereocenters. The Balaban J connectivity index is 2.79. The molecule has 0 spiro atoms. The van der Waals surface area contributed by atoms with E-state index in [2.05, 4.69) is 31.2 Å². The predicted octanol–water partition coefficient (Wildman–Crippen LogP) is 2.25. The van der Waals surface area contributed by atoms with Crippen molar-refractivity contribution >= 4 is 5.91 Å². The molecule has 0 aliphatic carbocycles. The number of carbonyl (C=O) groups is 1. The number of aryl methyl sites for hydroxylation is 1. The summed E-state index contributed by atoms with van der Waals surface area (Å²) in [6, 6.07) is 7.89. The first-order valence-corrected chi connectivity index (χ1v) is 6.06. The molecular weight excluding hydrogens is 212 g/mol. The Hall–Kier alpha value is -1.35. The molecule has 0 aromatic heterocycles. The first-order valence-electron chi connectivity index (χ1n) is 6.06. The molecule has 0 fully saturated rings. The van der Waals surface area contributed by atoms with Crippen LogP contribution in [0.5, 0.6) is 0 Å². The van der Waals surface area contributed by atoms with Crippen LogP contribution in [0.4, 0.5) is 0 Å². The summed E-state index contributed by atoms with van der Waals surface area (Å²) in [6.45, 7) is 5.99. The second kappa shape index (κ2) is 5.82. The highest BCUT2D eigenvalue weighted by atomic mass is 16.2. The largest absolute Gasteiger partial charge is 0.338 e. The Morgan fingerprint density at radius 2 is 1.88 bits per heavy atom. The molecule has 0 saturated heterocycles. The highest BCUT2D eigenvalue weighted by molar-refractivity contribution is 5.81. The maximum Gasteiger partial charge on any atom is 0.239 e. The van der Waals surface area contributed by atoms with Crippen molar-refractivity contribution in [3.8, 4) is 0 Å². The molecule has 0 aliphatic heterocycles. The summed E-state index contributed by atoms with van der Waals surface area (Å²) in [6.07, 6.45) is 0.670. The highest BCUT2D eigenvalue weighted by Gasteiger charge is 2.21. The molecule has 0 bridgehead atoms. The van der Waals surface area contributed by atoms with Crippen LogP contribution in [0.3, 0.4) is 0 Å². The molecule has 2 N–H and O–H groups in total. The fraction of sp³-hybridized carbons (Fsp3) is 0.500. The summed E-state index contributed by atoms with van der Waals surface area (Å²) in [5, 5.41) is 0. The van der Waals surface area contributed by atoms with Gasteiger partial charge in [0.25, 0.3) is 0 Å². The van der Waals surface area contributed by atoms with Crippen molar-refractivity contribution < 1.29 is 4.79 Å². The summed E-state index contributed by atoms with van der Waals surface area (Å²) in [5.41, 5.74) is 8.12. The van der Waals surface area contributed by atoms with Crippen LogP contribution < -0.4 is 5.73 Å². The lowest BCUT2D eigenvalue weighted by molar-refractivity contribution is -0.133. The number of rotatable bonds is 4. The Morgan fingerprint density at radius 1 is 1.35 bits per heavy atom. The highest BCUT2D eigenvalue weighted by Crippen LogP contribution is 2.19. The van der Waals surface area contributed by atoms with E-state index in [1.165, 1.54) is 5.56 Å². The van der Waals surface area contributed by atoms with Crippen molar-refractivity contribution in [2.45, 2.75) is 39.3 Å². The first kappa shape index (κ1) is 13.7. The number of nitrogens with zero attached hydrogens (tertiary/aromatic N) is 1. The molecular formula is C14H22N2O. The summed E-state index contributed by atoms with van der Waals surface area (Å²) in [5.74, 6) is 0.000532. The van der Waals surface area contributed by atoms with E-state index < -0.39 is 6.04 Å². The van der Waals surface area contributed by atoms with Gasteiger partial charge in [-0.15, -0.1) is 0 Å². The van der Waals surface area contributed by atoms with Gasteiger partial charge in [-0.1, -0.05) is 36.8 Å². The van der Waals surface area contributed by atoms with Crippen LogP contribution in [0, 0.1) is 6.92 Å². The standard InChI is InChI=1S/C14H22N2O/c1-5-13(15)14(17)16(4)11(3)12-8-6-10(2)7-9-12/h6-9,11,13H,5,15H2,1-4H3/t11?,13-/m1/s1. The van der Waals surface area contributed by atoms with Gasteiger partial charge in [-0.25, -0.2) is 0 Å². The second-order valence-electron chi connectivity index (χ2n) is 4.55. The van der Waals surface area contributed by atoms with Gasteiger partial charge in [-0.05, 0) is 25.8 Å². The summed E-state index contributed by atoms with van der Waals surface area (Å²) < 4.78 is 0. The van der Waals surface area contributed by atoms with Gasteiger partial charge < -0.3 is 10.6 Å². The molecule has 0 saturated carbocycles. The van der Waals surface area contributed by atoms with Gasteiger partial charge in [0.15, 0.2) is 0 Å². The third-order valence-electron chi connectivity index (χ3n) is 3.25. The zero-order chi connectivity index (χ0) is 13.0. The van der Waals surface area contributed by atoms with E-state index >= 15 is 0 Å². The number of benzene rings is 1. The van der Waals surface area contributed by atoms with Gasteiger partial charge in [-0.2, -0.15) is 0 Å². The third kappa shape index (κ3) is 3.30. The molecule has 17 heavy (non-hydrogen) atoms. The SMILES string of the molecule is CC[C@@H](N)C(=O)N(C)C(C)c1ccc(C)cc1. The molecule has 1 aromatic rings. The van der Waals surface area contributed by atoms with E-state index in [1.807, 2.05) is 20.9 Å². The molecule has 0 radical (unpaired) electrons. The van der Waals surface area contributed by atoms with E-state index in [1.54, 1.807) is 4.90 Å². The van der Waals surface area contributed by atoms with E-state index in [4.69, 9.17) is 5.73 Å². The summed E-state index contributed by atoms with van der Waals surface area (Å²) in [7, 11) is 1.81. The Bertz CT molecular complexity index is 372. The minimum Gasteiger partial charge on any atom is -0.338 e. The smallest absolute Gasteiger partial charge is 0.239 e. The molecule has 94 valence electrons. The maximum atomic E-state index is 12.0. The van der Waals surface area contributed by atoms with Gasteiger partial charge in [0, 0.05) is 7.05 Å². The van der Waals surface area contributed by atoms with Crippen molar-refractivity contribution in [3.63, 3.8) is 0 Å². The van der Waals surface area contributed by atoms with Gasteiger partial charge in [0.05, 0.1) is 12.1 Å². The summed E-state index contributed by atoms with van der Waals surface area (Å²) in [4.78, 5) is 13.7. The third-order valence-corrected chi connectivity index (χ3v) is 3.25. The van der Waals surface area contributed by atoms with Crippen molar-refractivity contribution in [1.82, 2.24) is 4.90 Å². The minimum absolute atomic E-state index is 0.000532. The van der Waals surface area contributed by atoms with E-state index in [0.717, 1.165) is 5.56 Å². The number of amides is 1. The van der Waals surface area contributed by atoms with Crippen LogP contribution >= 0.6 is 0 Å². The fourth-order valence-electron chi connectivity index (χ4n) is 1.70. The van der Waals surface area contributed by atoms with Crippen LogP contribution in [0.1, 0.15) is 37.4 Å². The Labute approximate surface area is 104 Å². The van der Waals surface area contributed by atoms with Crippen molar-refractivity contribution in [3.05, 3.63) is 35.4 Å². The molecule has 1 aromatic carbocycles. The fourth-order valence-corrected chi connectivity index (χ4v) is 1.70. The summed E-state index contributed by atoms with van der Waals surface area (Å²) >= 11 is 0. The molecule has 0 heterocycles. The number of carbonyl (C=O) groups excluding carboxylic acids is 1. The number of hydrogen-bond donors (Lipinski definition) is 1. The lowest BCUT2D eigenvalue weighted by Crippen LogP contribution is -2.42.